The number of benzene rings is 2. The van der Waals surface area contributed by atoms with Crippen LogP contribution < -0.4 is 10.1 Å². The summed E-state index contributed by atoms with van der Waals surface area (Å²) in [6.07, 6.45) is 0.566. The molecule has 1 N–H and O–H groups in total. The van der Waals surface area contributed by atoms with Crippen molar-refractivity contribution in [2.24, 2.45) is 0 Å². The predicted octanol–water partition coefficient (Wildman–Crippen LogP) is 4.18. The predicted molar refractivity (Wildman–Crippen MR) is 124 cm³/mol. The van der Waals surface area contributed by atoms with Crippen molar-refractivity contribution in [1.82, 2.24) is 10.2 Å². The number of aryl methyl sites for hydroxylation is 1. The molecular formula is C24H32N2O3S. The Kier molecular flexibility index (Phi) is 9.74. The second kappa shape index (κ2) is 12.3. The standard InChI is InChI=1S/C24H32N2O3S/c1-5-22(24(28)25-6-2)26(15-19-11-13-21(29-4)14-12-19)23(27)17-30-16-20-9-7-18(3)8-10-20/h7-14,22H,5-6,15-17H2,1-4H3,(H,25,28)/t22-/m1/s1. The van der Waals surface area contributed by atoms with Crippen LogP contribution in [-0.2, 0) is 21.9 Å². The monoisotopic (exact) mass is 428 g/mol. The highest BCUT2D eigenvalue weighted by atomic mass is 32.2. The van der Waals surface area contributed by atoms with E-state index in [1.54, 1.807) is 23.8 Å². The van der Waals surface area contributed by atoms with Crippen molar-refractivity contribution in [2.75, 3.05) is 19.4 Å². The average Bonchev–Trinajstić information content (AvgIpc) is 2.75. The fraction of sp³-hybridized carbons (Fsp3) is 0.417. The molecule has 0 saturated carbocycles. The molecule has 30 heavy (non-hydrogen) atoms. The van der Waals surface area contributed by atoms with Crippen LogP contribution in [0.5, 0.6) is 5.75 Å². The molecule has 0 fully saturated rings. The number of amides is 2. The Hall–Kier alpha value is -2.47. The van der Waals surface area contributed by atoms with E-state index in [4.69, 9.17) is 4.74 Å². The van der Waals surface area contributed by atoms with Gasteiger partial charge < -0.3 is 15.0 Å². The Morgan fingerprint density at radius 3 is 2.23 bits per heavy atom. The van der Waals surface area contributed by atoms with Crippen LogP contribution >= 0.6 is 11.8 Å². The number of likely N-dealkylation sites (N-methyl/N-ethyl adjacent to an activating group) is 1. The molecule has 0 aliphatic heterocycles. The van der Waals surface area contributed by atoms with Crippen molar-refractivity contribution in [1.29, 1.82) is 0 Å². The lowest BCUT2D eigenvalue weighted by Gasteiger charge is -2.30. The van der Waals surface area contributed by atoms with Crippen molar-refractivity contribution < 1.29 is 14.3 Å². The topological polar surface area (TPSA) is 58.6 Å². The second-order valence-corrected chi connectivity index (χ2v) is 8.15. The van der Waals surface area contributed by atoms with Gasteiger partial charge in [-0.25, -0.2) is 0 Å². The highest BCUT2D eigenvalue weighted by molar-refractivity contribution is 7.99. The summed E-state index contributed by atoms with van der Waals surface area (Å²) in [7, 11) is 1.62. The maximum Gasteiger partial charge on any atom is 0.242 e. The highest BCUT2D eigenvalue weighted by Gasteiger charge is 2.28. The van der Waals surface area contributed by atoms with E-state index in [0.29, 0.717) is 25.3 Å². The molecule has 0 bridgehead atoms. The van der Waals surface area contributed by atoms with E-state index < -0.39 is 6.04 Å². The zero-order chi connectivity index (χ0) is 21.9. The van der Waals surface area contributed by atoms with Crippen LogP contribution in [0.3, 0.4) is 0 Å². The molecule has 0 spiro atoms. The summed E-state index contributed by atoms with van der Waals surface area (Å²) in [5, 5.41) is 2.86. The van der Waals surface area contributed by atoms with Gasteiger partial charge in [0, 0.05) is 18.8 Å². The van der Waals surface area contributed by atoms with Gasteiger partial charge >= 0.3 is 0 Å². The number of carbonyl (C=O) groups excluding carboxylic acids is 2. The van der Waals surface area contributed by atoms with E-state index >= 15 is 0 Å². The van der Waals surface area contributed by atoms with Crippen molar-refractivity contribution in [2.45, 2.75) is 45.5 Å². The summed E-state index contributed by atoms with van der Waals surface area (Å²) >= 11 is 1.58. The third kappa shape index (κ3) is 7.10. The molecular weight excluding hydrogens is 396 g/mol. The van der Waals surface area contributed by atoms with Gasteiger partial charge in [-0.05, 0) is 43.5 Å². The number of carbonyl (C=O) groups is 2. The summed E-state index contributed by atoms with van der Waals surface area (Å²) < 4.78 is 5.21. The number of thioether (sulfide) groups is 1. The summed E-state index contributed by atoms with van der Waals surface area (Å²) in [6, 6.07) is 15.5. The van der Waals surface area contributed by atoms with Gasteiger partial charge in [0.15, 0.2) is 0 Å². The maximum atomic E-state index is 13.1. The van der Waals surface area contributed by atoms with Crippen molar-refractivity contribution >= 4 is 23.6 Å². The number of nitrogens with zero attached hydrogens (tertiary/aromatic N) is 1. The molecule has 0 aliphatic rings. The van der Waals surface area contributed by atoms with Crippen LogP contribution in [0.15, 0.2) is 48.5 Å². The molecule has 2 aromatic carbocycles. The minimum absolute atomic E-state index is 0.0268. The van der Waals surface area contributed by atoms with E-state index in [2.05, 4.69) is 36.5 Å². The number of ether oxygens (including phenoxy) is 1. The van der Waals surface area contributed by atoms with Crippen LogP contribution in [-0.4, -0.2) is 42.2 Å². The third-order valence-electron chi connectivity index (χ3n) is 4.86. The largest absolute Gasteiger partial charge is 0.497 e. The van der Waals surface area contributed by atoms with E-state index in [1.807, 2.05) is 38.1 Å². The first-order valence-corrected chi connectivity index (χ1v) is 11.5. The first-order valence-electron chi connectivity index (χ1n) is 10.3. The van der Waals surface area contributed by atoms with E-state index in [9.17, 15) is 9.59 Å². The van der Waals surface area contributed by atoms with Crippen LogP contribution in [0.25, 0.3) is 0 Å². The molecule has 1 atom stereocenters. The number of hydrogen-bond acceptors (Lipinski definition) is 4. The number of methoxy groups -OCH3 is 1. The molecule has 0 aromatic heterocycles. The van der Waals surface area contributed by atoms with Crippen molar-refractivity contribution in [3.8, 4) is 5.75 Å². The Morgan fingerprint density at radius 1 is 1.03 bits per heavy atom. The van der Waals surface area contributed by atoms with Crippen molar-refractivity contribution in [3.63, 3.8) is 0 Å². The fourth-order valence-electron chi connectivity index (χ4n) is 3.16. The first-order chi connectivity index (χ1) is 14.5. The van der Waals surface area contributed by atoms with Gasteiger partial charge in [-0.1, -0.05) is 48.9 Å². The second-order valence-electron chi connectivity index (χ2n) is 7.17. The van der Waals surface area contributed by atoms with Gasteiger partial charge in [0.05, 0.1) is 12.9 Å². The Morgan fingerprint density at radius 2 is 1.67 bits per heavy atom. The molecule has 2 amide bonds. The first kappa shape index (κ1) is 23.8. The fourth-order valence-corrected chi connectivity index (χ4v) is 4.03. The Balaban J connectivity index is 2.10. The number of nitrogens with one attached hydrogen (secondary N) is 1. The van der Waals surface area contributed by atoms with Gasteiger partial charge in [0.25, 0.3) is 0 Å². The lowest BCUT2D eigenvalue weighted by atomic mass is 10.1. The summed E-state index contributed by atoms with van der Waals surface area (Å²) in [5.74, 6) is 1.73. The molecule has 162 valence electrons. The molecule has 2 aromatic rings. The SMILES string of the molecule is CCNC(=O)[C@@H](CC)N(Cc1ccc(OC)cc1)C(=O)CSCc1ccc(C)cc1. The van der Waals surface area contributed by atoms with Gasteiger partial charge in [-0.15, -0.1) is 11.8 Å². The van der Waals surface area contributed by atoms with E-state index in [1.165, 1.54) is 11.1 Å². The third-order valence-corrected chi connectivity index (χ3v) is 5.85. The Bertz CT molecular complexity index is 806. The van der Waals surface area contributed by atoms with E-state index in [-0.39, 0.29) is 11.8 Å². The molecule has 0 unspecified atom stereocenters. The zero-order valence-electron chi connectivity index (χ0n) is 18.3. The summed E-state index contributed by atoms with van der Waals surface area (Å²) in [4.78, 5) is 27.4. The van der Waals surface area contributed by atoms with Crippen LogP contribution in [0, 0.1) is 6.92 Å². The van der Waals surface area contributed by atoms with Crippen LogP contribution in [0.4, 0.5) is 0 Å². The van der Waals surface area contributed by atoms with Gasteiger partial charge in [0.1, 0.15) is 11.8 Å². The van der Waals surface area contributed by atoms with Gasteiger partial charge in [-0.3, -0.25) is 9.59 Å². The Labute approximate surface area is 184 Å². The highest BCUT2D eigenvalue weighted by Crippen LogP contribution is 2.19. The average molecular weight is 429 g/mol. The smallest absolute Gasteiger partial charge is 0.242 e. The van der Waals surface area contributed by atoms with E-state index in [0.717, 1.165) is 17.1 Å². The molecule has 0 aliphatic carbocycles. The minimum Gasteiger partial charge on any atom is -0.497 e. The van der Waals surface area contributed by atoms with Crippen LogP contribution in [0.2, 0.25) is 0 Å². The molecule has 2 rings (SSSR count). The van der Waals surface area contributed by atoms with Crippen molar-refractivity contribution in [3.05, 3.63) is 65.2 Å². The molecule has 5 nitrogen and oxygen atoms in total. The molecule has 0 saturated heterocycles. The van der Waals surface area contributed by atoms with Gasteiger partial charge in [-0.2, -0.15) is 0 Å². The number of rotatable bonds is 11. The lowest BCUT2D eigenvalue weighted by Crippen LogP contribution is -2.49. The minimum atomic E-state index is -0.487. The lowest BCUT2D eigenvalue weighted by molar-refractivity contribution is -0.139. The quantitative estimate of drug-likeness (QED) is 0.583. The van der Waals surface area contributed by atoms with Gasteiger partial charge in [0.2, 0.25) is 11.8 Å². The molecule has 0 heterocycles. The zero-order valence-corrected chi connectivity index (χ0v) is 19.1. The number of hydrogen-bond donors (Lipinski definition) is 1. The molecule has 0 radical (unpaired) electrons. The normalized spacial score (nSPS) is 11.6. The molecule has 6 heteroatoms. The summed E-state index contributed by atoms with van der Waals surface area (Å²) in [5.41, 5.74) is 3.38. The summed E-state index contributed by atoms with van der Waals surface area (Å²) in [6.45, 7) is 6.82. The maximum absolute atomic E-state index is 13.1. The van der Waals surface area contributed by atoms with Crippen LogP contribution in [0.1, 0.15) is 37.0 Å².